The average molecular weight is 186 g/mol. The molecule has 1 aliphatic carbocycles. The first-order valence-electron chi connectivity index (χ1n) is 5.29. The third-order valence-corrected chi connectivity index (χ3v) is 3.27. The predicted octanol–water partition coefficient (Wildman–Crippen LogP) is 1.85. The van der Waals surface area contributed by atoms with Crippen molar-refractivity contribution in [1.82, 2.24) is 10.3 Å². The summed E-state index contributed by atoms with van der Waals surface area (Å²) in [5.41, 5.74) is 2.82. The zero-order valence-electron chi connectivity index (χ0n) is 8.11. The standard InChI is InChI=1S/C12H14N2/c1-2-9(7-13-5-1)12-6-11-4-3-10(12)8-14-11/h1-2,5-7,10-11,14H,3-4,8H2. The van der Waals surface area contributed by atoms with Crippen LogP contribution in [0.15, 0.2) is 30.6 Å². The van der Waals surface area contributed by atoms with Crippen LogP contribution in [0.4, 0.5) is 0 Å². The van der Waals surface area contributed by atoms with Crippen molar-refractivity contribution in [3.05, 3.63) is 36.2 Å². The lowest BCUT2D eigenvalue weighted by atomic mass is 9.79. The van der Waals surface area contributed by atoms with Crippen molar-refractivity contribution in [2.75, 3.05) is 6.54 Å². The SMILES string of the molecule is C1=C(c2cccnc2)C2CCC1NC2. The van der Waals surface area contributed by atoms with E-state index in [-0.39, 0.29) is 0 Å². The molecule has 0 saturated carbocycles. The van der Waals surface area contributed by atoms with Gasteiger partial charge in [0.15, 0.2) is 0 Å². The second-order valence-corrected chi connectivity index (χ2v) is 4.15. The van der Waals surface area contributed by atoms with Crippen LogP contribution in [-0.4, -0.2) is 17.6 Å². The topological polar surface area (TPSA) is 24.9 Å². The van der Waals surface area contributed by atoms with Crippen LogP contribution in [0, 0.1) is 5.92 Å². The molecule has 2 nitrogen and oxygen atoms in total. The Balaban J connectivity index is 2.00. The Hall–Kier alpha value is -1.15. The first kappa shape index (κ1) is 8.18. The van der Waals surface area contributed by atoms with Gasteiger partial charge >= 0.3 is 0 Å². The Labute approximate surface area is 84.1 Å². The summed E-state index contributed by atoms with van der Waals surface area (Å²) in [5.74, 6) is 0.712. The van der Waals surface area contributed by atoms with E-state index in [4.69, 9.17) is 0 Å². The molecule has 1 fully saturated rings. The van der Waals surface area contributed by atoms with E-state index < -0.39 is 0 Å². The summed E-state index contributed by atoms with van der Waals surface area (Å²) in [6.45, 7) is 1.14. The third kappa shape index (κ3) is 1.26. The predicted molar refractivity (Wildman–Crippen MR) is 56.7 cm³/mol. The number of rotatable bonds is 1. The van der Waals surface area contributed by atoms with Gasteiger partial charge in [-0.1, -0.05) is 12.1 Å². The van der Waals surface area contributed by atoms with Crippen molar-refractivity contribution in [2.45, 2.75) is 18.9 Å². The molecule has 1 aromatic rings. The van der Waals surface area contributed by atoms with Crippen LogP contribution in [0.3, 0.4) is 0 Å². The monoisotopic (exact) mass is 186 g/mol. The van der Waals surface area contributed by atoms with Gasteiger partial charge in [-0.2, -0.15) is 0 Å². The van der Waals surface area contributed by atoms with Crippen LogP contribution in [0.1, 0.15) is 18.4 Å². The van der Waals surface area contributed by atoms with Gasteiger partial charge in [0, 0.05) is 25.0 Å². The van der Waals surface area contributed by atoms with Gasteiger partial charge in [-0.05, 0) is 36.0 Å². The fraction of sp³-hybridized carbons (Fsp3) is 0.417. The normalized spacial score (nSPS) is 30.1. The van der Waals surface area contributed by atoms with Gasteiger partial charge in [-0.3, -0.25) is 4.98 Å². The lowest BCUT2D eigenvalue weighted by molar-refractivity contribution is 0.375. The summed E-state index contributed by atoms with van der Waals surface area (Å²) in [6, 6.07) is 4.79. The van der Waals surface area contributed by atoms with Gasteiger partial charge in [0.25, 0.3) is 0 Å². The molecule has 2 bridgehead atoms. The van der Waals surface area contributed by atoms with Crippen LogP contribution >= 0.6 is 0 Å². The number of aromatic nitrogens is 1. The van der Waals surface area contributed by atoms with Crippen molar-refractivity contribution in [2.24, 2.45) is 5.92 Å². The van der Waals surface area contributed by atoms with Crippen molar-refractivity contribution in [3.8, 4) is 0 Å². The van der Waals surface area contributed by atoms with E-state index in [2.05, 4.69) is 22.4 Å². The maximum atomic E-state index is 4.18. The number of hydrogen-bond donors (Lipinski definition) is 1. The number of pyridine rings is 1. The number of fused-ring (bicyclic) bond motifs is 2. The van der Waals surface area contributed by atoms with Gasteiger partial charge in [0.1, 0.15) is 0 Å². The maximum Gasteiger partial charge on any atom is 0.0343 e. The number of hydrogen-bond acceptors (Lipinski definition) is 2. The Morgan fingerprint density at radius 1 is 1.36 bits per heavy atom. The highest BCUT2D eigenvalue weighted by Gasteiger charge is 2.28. The molecule has 2 heteroatoms. The minimum Gasteiger partial charge on any atom is -0.310 e. The summed E-state index contributed by atoms with van der Waals surface area (Å²) >= 11 is 0. The van der Waals surface area contributed by atoms with Crippen molar-refractivity contribution in [1.29, 1.82) is 0 Å². The Bertz CT molecular complexity index is 348. The molecule has 72 valence electrons. The van der Waals surface area contributed by atoms with Gasteiger partial charge in [0.2, 0.25) is 0 Å². The minimum atomic E-state index is 0.607. The molecule has 2 atom stereocenters. The zero-order chi connectivity index (χ0) is 9.38. The molecule has 1 saturated heterocycles. The molecule has 1 aromatic heterocycles. The average Bonchev–Trinajstić information content (AvgIpc) is 2.32. The fourth-order valence-corrected chi connectivity index (χ4v) is 2.50. The van der Waals surface area contributed by atoms with Gasteiger partial charge in [0.05, 0.1) is 0 Å². The number of nitrogens with one attached hydrogen (secondary N) is 1. The molecule has 3 heterocycles. The second kappa shape index (κ2) is 3.21. The van der Waals surface area contributed by atoms with Crippen molar-refractivity contribution in [3.63, 3.8) is 0 Å². The molecule has 0 amide bonds. The minimum absolute atomic E-state index is 0.607. The van der Waals surface area contributed by atoms with Crippen molar-refractivity contribution < 1.29 is 0 Å². The van der Waals surface area contributed by atoms with Crippen LogP contribution in [0.5, 0.6) is 0 Å². The summed E-state index contributed by atoms with van der Waals surface area (Å²) in [7, 11) is 0. The van der Waals surface area contributed by atoms with E-state index >= 15 is 0 Å². The van der Waals surface area contributed by atoms with Crippen LogP contribution in [0.2, 0.25) is 0 Å². The molecule has 3 aliphatic rings. The second-order valence-electron chi connectivity index (χ2n) is 4.15. The van der Waals surface area contributed by atoms with E-state index in [1.165, 1.54) is 24.0 Å². The molecule has 1 N–H and O–H groups in total. The summed E-state index contributed by atoms with van der Waals surface area (Å²) < 4.78 is 0. The Morgan fingerprint density at radius 3 is 2.93 bits per heavy atom. The van der Waals surface area contributed by atoms with E-state index in [1.54, 1.807) is 0 Å². The van der Waals surface area contributed by atoms with E-state index in [1.807, 2.05) is 18.5 Å². The van der Waals surface area contributed by atoms with E-state index in [0.717, 1.165) is 6.54 Å². The highest BCUT2D eigenvalue weighted by Crippen LogP contribution is 2.35. The zero-order valence-corrected chi connectivity index (χ0v) is 8.11. The quantitative estimate of drug-likeness (QED) is 0.724. The molecule has 4 rings (SSSR count). The number of nitrogens with zero attached hydrogens (tertiary/aromatic N) is 1. The largest absolute Gasteiger partial charge is 0.310 e. The van der Waals surface area contributed by atoms with Crippen LogP contribution in [0.25, 0.3) is 5.57 Å². The maximum absolute atomic E-state index is 4.18. The first-order valence-corrected chi connectivity index (χ1v) is 5.29. The number of piperidine rings is 1. The van der Waals surface area contributed by atoms with Gasteiger partial charge in [-0.15, -0.1) is 0 Å². The first-order chi connectivity index (χ1) is 6.93. The van der Waals surface area contributed by atoms with Gasteiger partial charge < -0.3 is 5.32 Å². The third-order valence-electron chi connectivity index (χ3n) is 3.27. The fourth-order valence-electron chi connectivity index (χ4n) is 2.50. The molecule has 0 aromatic carbocycles. The Kier molecular flexibility index (Phi) is 1.88. The molecule has 2 aliphatic heterocycles. The molecule has 0 radical (unpaired) electrons. The lowest BCUT2D eigenvalue weighted by Gasteiger charge is -2.36. The van der Waals surface area contributed by atoms with Crippen LogP contribution < -0.4 is 5.32 Å². The molecule has 0 spiro atoms. The summed E-state index contributed by atoms with van der Waals surface area (Å²) in [4.78, 5) is 4.18. The van der Waals surface area contributed by atoms with E-state index in [0.29, 0.717) is 12.0 Å². The molecular weight excluding hydrogens is 172 g/mol. The van der Waals surface area contributed by atoms with Crippen molar-refractivity contribution >= 4 is 5.57 Å². The highest BCUT2D eigenvalue weighted by atomic mass is 14.9. The highest BCUT2D eigenvalue weighted by molar-refractivity contribution is 5.69. The molecule has 2 unspecified atom stereocenters. The lowest BCUT2D eigenvalue weighted by Crippen LogP contribution is -2.42. The van der Waals surface area contributed by atoms with Crippen LogP contribution in [-0.2, 0) is 0 Å². The smallest absolute Gasteiger partial charge is 0.0343 e. The van der Waals surface area contributed by atoms with Gasteiger partial charge in [-0.25, -0.2) is 0 Å². The summed E-state index contributed by atoms with van der Waals surface area (Å²) in [5, 5.41) is 3.52. The summed E-state index contributed by atoms with van der Waals surface area (Å²) in [6.07, 6.45) is 8.83. The Morgan fingerprint density at radius 2 is 2.36 bits per heavy atom. The van der Waals surface area contributed by atoms with E-state index in [9.17, 15) is 0 Å². The molecule has 14 heavy (non-hydrogen) atoms. The molecular formula is C12H14N2.